The molecule has 1 atom stereocenters. The van der Waals surface area contributed by atoms with Crippen LogP contribution in [0.25, 0.3) is 11.0 Å². The first-order valence-electron chi connectivity index (χ1n) is 8.03. The maximum absolute atomic E-state index is 12.5. The van der Waals surface area contributed by atoms with Crippen molar-refractivity contribution < 1.29 is 4.79 Å². The number of hydrogen-bond donors (Lipinski definition) is 1. The van der Waals surface area contributed by atoms with Crippen molar-refractivity contribution in [1.29, 1.82) is 0 Å². The van der Waals surface area contributed by atoms with Crippen molar-refractivity contribution in [1.82, 2.24) is 14.9 Å². The molecule has 3 rings (SSSR count). The van der Waals surface area contributed by atoms with Gasteiger partial charge in [0.2, 0.25) is 0 Å². The van der Waals surface area contributed by atoms with Gasteiger partial charge in [0, 0.05) is 12.1 Å². The fraction of sp³-hybridized carbons (Fsp3) is 0.200. The summed E-state index contributed by atoms with van der Waals surface area (Å²) >= 11 is 0. The molecular weight excluding hydrogens is 298 g/mol. The zero-order valence-electron chi connectivity index (χ0n) is 14.0. The topological polar surface area (TPSA) is 46.9 Å². The quantitative estimate of drug-likeness (QED) is 0.722. The number of hydrogen-bond acceptors (Lipinski definition) is 2. The standard InChI is InChI=1S/C20H21N3O/c1-4-13-23-18-8-6-5-7-17(18)22-19(23)15(3)21-20(24)16-11-9-14(2)10-12-16/h4-12,15H,1,13H2,2-3H3,(H,21,24). The van der Waals surface area contributed by atoms with Gasteiger partial charge in [-0.15, -0.1) is 6.58 Å². The molecular formula is C20H21N3O. The van der Waals surface area contributed by atoms with Gasteiger partial charge in [-0.2, -0.15) is 0 Å². The lowest BCUT2D eigenvalue weighted by molar-refractivity contribution is 0.0938. The Hall–Kier alpha value is -2.88. The Morgan fingerprint density at radius 1 is 1.25 bits per heavy atom. The number of allylic oxidation sites excluding steroid dienone is 1. The molecule has 4 nitrogen and oxygen atoms in total. The van der Waals surface area contributed by atoms with Crippen molar-refractivity contribution in [2.24, 2.45) is 0 Å². The lowest BCUT2D eigenvalue weighted by atomic mass is 10.1. The predicted molar refractivity (Wildman–Crippen MR) is 97.0 cm³/mol. The highest BCUT2D eigenvalue weighted by Crippen LogP contribution is 2.21. The maximum atomic E-state index is 12.5. The molecule has 0 radical (unpaired) electrons. The average molecular weight is 319 g/mol. The third kappa shape index (κ3) is 3.08. The maximum Gasteiger partial charge on any atom is 0.251 e. The Morgan fingerprint density at radius 3 is 2.67 bits per heavy atom. The summed E-state index contributed by atoms with van der Waals surface area (Å²) < 4.78 is 2.09. The average Bonchev–Trinajstić information content (AvgIpc) is 2.95. The van der Waals surface area contributed by atoms with Gasteiger partial charge in [0.15, 0.2) is 0 Å². The molecule has 1 amide bonds. The van der Waals surface area contributed by atoms with Gasteiger partial charge in [-0.25, -0.2) is 4.98 Å². The number of carbonyl (C=O) groups is 1. The first-order valence-corrected chi connectivity index (χ1v) is 8.03. The van der Waals surface area contributed by atoms with Crippen molar-refractivity contribution in [2.75, 3.05) is 0 Å². The van der Waals surface area contributed by atoms with Crippen LogP contribution >= 0.6 is 0 Å². The number of carbonyl (C=O) groups excluding carboxylic acids is 1. The van der Waals surface area contributed by atoms with Gasteiger partial charge in [-0.05, 0) is 38.1 Å². The minimum Gasteiger partial charge on any atom is -0.342 e. The number of rotatable bonds is 5. The van der Waals surface area contributed by atoms with Crippen molar-refractivity contribution in [3.8, 4) is 0 Å². The zero-order valence-corrected chi connectivity index (χ0v) is 14.0. The molecule has 24 heavy (non-hydrogen) atoms. The molecule has 0 fully saturated rings. The van der Waals surface area contributed by atoms with Gasteiger partial charge in [-0.3, -0.25) is 4.79 Å². The molecule has 0 spiro atoms. The summed E-state index contributed by atoms with van der Waals surface area (Å²) in [5, 5.41) is 3.04. The highest BCUT2D eigenvalue weighted by molar-refractivity contribution is 5.94. The Bertz CT molecular complexity index is 878. The summed E-state index contributed by atoms with van der Waals surface area (Å²) in [6.07, 6.45) is 1.84. The van der Waals surface area contributed by atoms with Gasteiger partial charge >= 0.3 is 0 Å². The first-order chi connectivity index (χ1) is 11.6. The number of amides is 1. The number of para-hydroxylation sites is 2. The molecule has 3 aromatic rings. The minimum absolute atomic E-state index is 0.0975. The second-order valence-electron chi connectivity index (χ2n) is 5.92. The summed E-state index contributed by atoms with van der Waals surface area (Å²) in [5.41, 5.74) is 3.75. The number of nitrogens with zero attached hydrogens (tertiary/aromatic N) is 2. The molecule has 0 saturated heterocycles. The largest absolute Gasteiger partial charge is 0.342 e. The summed E-state index contributed by atoms with van der Waals surface area (Å²) in [5.74, 6) is 0.733. The van der Waals surface area contributed by atoms with E-state index in [0.717, 1.165) is 22.4 Å². The molecule has 0 aliphatic rings. The molecule has 4 heteroatoms. The van der Waals surface area contributed by atoms with Crippen LogP contribution in [0, 0.1) is 6.92 Å². The summed E-state index contributed by atoms with van der Waals surface area (Å²) in [7, 11) is 0. The lowest BCUT2D eigenvalue weighted by Crippen LogP contribution is -2.28. The van der Waals surface area contributed by atoms with E-state index in [2.05, 4.69) is 16.5 Å². The number of nitrogens with one attached hydrogen (secondary N) is 1. The summed E-state index contributed by atoms with van der Waals surface area (Å²) in [6.45, 7) is 8.43. The Labute approximate surface area is 141 Å². The summed E-state index contributed by atoms with van der Waals surface area (Å²) in [6, 6.07) is 15.3. The Kier molecular flexibility index (Phi) is 4.47. The van der Waals surface area contributed by atoms with E-state index >= 15 is 0 Å². The molecule has 1 N–H and O–H groups in total. The highest BCUT2D eigenvalue weighted by atomic mass is 16.1. The molecule has 1 aromatic heterocycles. The number of aryl methyl sites for hydroxylation is 1. The third-order valence-electron chi connectivity index (χ3n) is 4.04. The van der Waals surface area contributed by atoms with E-state index in [1.54, 1.807) is 0 Å². The van der Waals surface area contributed by atoms with Crippen LogP contribution in [0.5, 0.6) is 0 Å². The van der Waals surface area contributed by atoms with Crippen LogP contribution in [0.15, 0.2) is 61.2 Å². The Morgan fingerprint density at radius 2 is 1.96 bits per heavy atom. The van der Waals surface area contributed by atoms with Crippen LogP contribution in [0.4, 0.5) is 0 Å². The van der Waals surface area contributed by atoms with Crippen molar-refractivity contribution >= 4 is 16.9 Å². The second kappa shape index (κ2) is 6.71. The highest BCUT2D eigenvalue weighted by Gasteiger charge is 2.18. The molecule has 0 bridgehead atoms. The van der Waals surface area contributed by atoms with E-state index in [9.17, 15) is 4.79 Å². The smallest absolute Gasteiger partial charge is 0.251 e. The summed E-state index contributed by atoms with van der Waals surface area (Å²) in [4.78, 5) is 17.1. The molecule has 0 aliphatic carbocycles. The molecule has 122 valence electrons. The van der Waals surface area contributed by atoms with E-state index in [1.165, 1.54) is 0 Å². The van der Waals surface area contributed by atoms with Crippen LogP contribution in [0.1, 0.15) is 34.7 Å². The van der Waals surface area contributed by atoms with E-state index in [0.29, 0.717) is 12.1 Å². The van der Waals surface area contributed by atoms with Gasteiger partial charge < -0.3 is 9.88 Å². The normalized spacial score (nSPS) is 12.1. The van der Waals surface area contributed by atoms with Crippen LogP contribution in [-0.2, 0) is 6.54 Å². The number of benzene rings is 2. The van der Waals surface area contributed by atoms with E-state index < -0.39 is 0 Å². The fourth-order valence-corrected chi connectivity index (χ4v) is 2.80. The van der Waals surface area contributed by atoms with Crippen molar-refractivity contribution in [3.05, 3.63) is 78.1 Å². The number of aromatic nitrogens is 2. The molecule has 1 unspecified atom stereocenters. The Balaban J connectivity index is 1.89. The van der Waals surface area contributed by atoms with Gasteiger partial charge in [0.1, 0.15) is 5.82 Å². The molecule has 0 saturated carbocycles. The van der Waals surface area contributed by atoms with Gasteiger partial charge in [0.05, 0.1) is 17.1 Å². The SMILES string of the molecule is C=CCn1c(C(C)NC(=O)c2ccc(C)cc2)nc2ccccc21. The first kappa shape index (κ1) is 16.0. The van der Waals surface area contributed by atoms with Gasteiger partial charge in [-0.1, -0.05) is 35.9 Å². The zero-order chi connectivity index (χ0) is 17.1. The monoisotopic (exact) mass is 319 g/mol. The molecule has 1 heterocycles. The minimum atomic E-state index is -0.203. The fourth-order valence-electron chi connectivity index (χ4n) is 2.80. The third-order valence-corrected chi connectivity index (χ3v) is 4.04. The van der Waals surface area contributed by atoms with E-state index in [-0.39, 0.29) is 11.9 Å². The lowest BCUT2D eigenvalue weighted by Gasteiger charge is -2.15. The van der Waals surface area contributed by atoms with Crippen LogP contribution in [-0.4, -0.2) is 15.5 Å². The van der Waals surface area contributed by atoms with Crippen LogP contribution in [0.2, 0.25) is 0 Å². The number of fused-ring (bicyclic) bond motifs is 1. The van der Waals surface area contributed by atoms with E-state index in [1.807, 2.05) is 68.5 Å². The van der Waals surface area contributed by atoms with Crippen molar-refractivity contribution in [3.63, 3.8) is 0 Å². The number of imidazole rings is 1. The second-order valence-corrected chi connectivity index (χ2v) is 5.92. The van der Waals surface area contributed by atoms with Crippen LogP contribution < -0.4 is 5.32 Å². The van der Waals surface area contributed by atoms with E-state index in [4.69, 9.17) is 4.98 Å². The molecule has 2 aromatic carbocycles. The molecule has 0 aliphatic heterocycles. The predicted octanol–water partition coefficient (Wildman–Crippen LogP) is 4.02. The van der Waals surface area contributed by atoms with Crippen LogP contribution in [0.3, 0.4) is 0 Å². The van der Waals surface area contributed by atoms with Crippen molar-refractivity contribution in [2.45, 2.75) is 26.4 Å². The van der Waals surface area contributed by atoms with Gasteiger partial charge in [0.25, 0.3) is 5.91 Å².